The van der Waals surface area contributed by atoms with Crippen molar-refractivity contribution >= 4 is 33.3 Å². The third-order valence-corrected chi connectivity index (χ3v) is 6.12. The number of nitrogens with two attached hydrogens (primary N) is 1. The fraction of sp³-hybridized carbons (Fsp3) is 0.217. The molecule has 0 saturated carbocycles. The third kappa shape index (κ3) is 5.70. The van der Waals surface area contributed by atoms with Crippen LogP contribution in [0.1, 0.15) is 33.2 Å². The second-order valence-corrected chi connectivity index (χ2v) is 9.94. The Hall–Kier alpha value is -3.50. The summed E-state index contributed by atoms with van der Waals surface area (Å²) in [7, 11) is -2.35. The SMILES string of the molecule is COc1cccc(C(C(N)=O)N(Cc2ccc(C)cc2)C(=O)c2nc(S(C)(=O)=O)ncc2Cl)c1. The minimum Gasteiger partial charge on any atom is -0.497 e. The number of methoxy groups -OCH3 is 1. The molecule has 2 N–H and O–H groups in total. The molecule has 1 aromatic heterocycles. The van der Waals surface area contributed by atoms with E-state index in [1.54, 1.807) is 24.3 Å². The van der Waals surface area contributed by atoms with E-state index >= 15 is 0 Å². The van der Waals surface area contributed by atoms with Gasteiger partial charge in [-0.3, -0.25) is 9.59 Å². The summed E-state index contributed by atoms with van der Waals surface area (Å²) < 4.78 is 29.2. The Morgan fingerprint density at radius 3 is 2.44 bits per heavy atom. The number of aromatic nitrogens is 2. The molecule has 0 bridgehead atoms. The molecule has 0 aliphatic rings. The van der Waals surface area contributed by atoms with Gasteiger partial charge in [0.1, 0.15) is 11.8 Å². The maximum absolute atomic E-state index is 13.7. The number of halogens is 1. The molecular weight excluding hydrogens is 480 g/mol. The molecule has 1 unspecified atom stereocenters. The van der Waals surface area contributed by atoms with Crippen molar-refractivity contribution in [3.8, 4) is 5.75 Å². The molecule has 34 heavy (non-hydrogen) atoms. The van der Waals surface area contributed by atoms with Gasteiger partial charge in [-0.2, -0.15) is 0 Å². The zero-order valence-electron chi connectivity index (χ0n) is 18.7. The Morgan fingerprint density at radius 2 is 1.85 bits per heavy atom. The van der Waals surface area contributed by atoms with Crippen molar-refractivity contribution in [2.24, 2.45) is 5.73 Å². The van der Waals surface area contributed by atoms with Gasteiger partial charge in [0, 0.05) is 12.8 Å². The number of sulfone groups is 1. The van der Waals surface area contributed by atoms with Gasteiger partial charge < -0.3 is 15.4 Å². The molecule has 0 aliphatic carbocycles. The van der Waals surface area contributed by atoms with Gasteiger partial charge in [-0.1, -0.05) is 53.6 Å². The van der Waals surface area contributed by atoms with Crippen LogP contribution >= 0.6 is 11.6 Å². The maximum Gasteiger partial charge on any atom is 0.275 e. The molecule has 2 aromatic carbocycles. The number of benzene rings is 2. The van der Waals surface area contributed by atoms with Crippen molar-refractivity contribution in [2.75, 3.05) is 13.4 Å². The Morgan fingerprint density at radius 1 is 1.18 bits per heavy atom. The van der Waals surface area contributed by atoms with Gasteiger partial charge in [-0.25, -0.2) is 18.4 Å². The van der Waals surface area contributed by atoms with E-state index in [2.05, 4.69) is 9.97 Å². The van der Waals surface area contributed by atoms with E-state index in [0.717, 1.165) is 18.0 Å². The van der Waals surface area contributed by atoms with Gasteiger partial charge in [0.05, 0.1) is 18.3 Å². The third-order valence-electron chi connectivity index (χ3n) is 4.98. The van der Waals surface area contributed by atoms with Crippen LogP contribution in [0.25, 0.3) is 0 Å². The van der Waals surface area contributed by atoms with Gasteiger partial charge in [0.2, 0.25) is 20.9 Å². The summed E-state index contributed by atoms with van der Waals surface area (Å²) in [6.45, 7) is 1.89. The van der Waals surface area contributed by atoms with Gasteiger partial charge in [-0.05, 0) is 30.2 Å². The molecule has 1 heterocycles. The fourth-order valence-corrected chi connectivity index (χ4v) is 3.97. The standard InChI is InChI=1S/C23H23ClN4O5S/c1-14-7-9-15(10-8-14)13-28(20(21(25)29)16-5-4-6-17(11-16)33-2)22(30)19-18(24)12-26-23(27-19)34(3,31)32/h4-12,20H,13H2,1-3H3,(H2,25,29). The number of rotatable bonds is 8. The number of carbonyl (C=O) groups is 2. The van der Waals surface area contributed by atoms with E-state index in [0.29, 0.717) is 16.9 Å². The molecule has 0 radical (unpaired) electrons. The molecular formula is C23H23ClN4O5S. The molecule has 3 aromatic rings. The predicted molar refractivity (Wildman–Crippen MR) is 126 cm³/mol. The lowest BCUT2D eigenvalue weighted by atomic mass is 10.0. The second kappa shape index (κ2) is 10.2. The van der Waals surface area contributed by atoms with Crippen LogP contribution in [-0.4, -0.2) is 48.5 Å². The first-order valence-electron chi connectivity index (χ1n) is 10.0. The van der Waals surface area contributed by atoms with Crippen molar-refractivity contribution in [3.63, 3.8) is 0 Å². The minimum atomic E-state index is -3.82. The number of ether oxygens (including phenoxy) is 1. The smallest absolute Gasteiger partial charge is 0.275 e. The Labute approximate surface area is 202 Å². The van der Waals surface area contributed by atoms with Gasteiger partial charge in [0.15, 0.2) is 5.69 Å². The van der Waals surface area contributed by atoms with Crippen molar-refractivity contribution in [2.45, 2.75) is 24.7 Å². The molecule has 0 fully saturated rings. The number of carbonyl (C=O) groups excluding carboxylic acids is 2. The van der Waals surface area contributed by atoms with Crippen molar-refractivity contribution < 1.29 is 22.7 Å². The quantitative estimate of drug-likeness (QED) is 0.468. The predicted octanol–water partition coefficient (Wildman–Crippen LogP) is 2.72. The van der Waals surface area contributed by atoms with Crippen LogP contribution < -0.4 is 10.5 Å². The van der Waals surface area contributed by atoms with Crippen LogP contribution in [0.15, 0.2) is 59.9 Å². The number of amides is 2. The highest BCUT2D eigenvalue weighted by Gasteiger charge is 2.33. The highest BCUT2D eigenvalue weighted by molar-refractivity contribution is 7.90. The number of hydrogen-bond donors (Lipinski definition) is 1. The Bertz CT molecular complexity index is 1330. The largest absolute Gasteiger partial charge is 0.497 e. The summed E-state index contributed by atoms with van der Waals surface area (Å²) >= 11 is 6.18. The van der Waals surface area contributed by atoms with E-state index in [1.807, 2.05) is 31.2 Å². The van der Waals surface area contributed by atoms with E-state index in [4.69, 9.17) is 22.1 Å². The summed E-state index contributed by atoms with van der Waals surface area (Å²) in [5.74, 6) is -1.13. The molecule has 1 atom stereocenters. The van der Waals surface area contributed by atoms with Gasteiger partial charge in [0.25, 0.3) is 5.91 Å². The highest BCUT2D eigenvalue weighted by atomic mass is 35.5. The summed E-state index contributed by atoms with van der Waals surface area (Å²) in [5, 5.41) is -0.729. The average Bonchev–Trinajstić information content (AvgIpc) is 2.79. The summed E-state index contributed by atoms with van der Waals surface area (Å²) in [4.78, 5) is 35.1. The fourth-order valence-electron chi connectivity index (χ4n) is 3.30. The number of hydrogen-bond acceptors (Lipinski definition) is 7. The van der Waals surface area contributed by atoms with Crippen molar-refractivity contribution in [1.29, 1.82) is 0 Å². The molecule has 2 amide bonds. The average molecular weight is 503 g/mol. The summed E-state index contributed by atoms with van der Waals surface area (Å²) in [6, 6.07) is 12.7. The lowest BCUT2D eigenvalue weighted by molar-refractivity contribution is -0.122. The molecule has 0 spiro atoms. The lowest BCUT2D eigenvalue weighted by Gasteiger charge is -2.30. The molecule has 0 saturated heterocycles. The maximum atomic E-state index is 13.7. The normalized spacial score (nSPS) is 12.1. The van der Waals surface area contributed by atoms with Crippen molar-refractivity contribution in [3.05, 3.63) is 82.1 Å². The van der Waals surface area contributed by atoms with Crippen LogP contribution in [0.4, 0.5) is 0 Å². The monoisotopic (exact) mass is 502 g/mol. The van der Waals surface area contributed by atoms with Crippen LogP contribution in [0.3, 0.4) is 0 Å². The Balaban J connectivity index is 2.17. The van der Waals surface area contributed by atoms with E-state index in [9.17, 15) is 18.0 Å². The lowest BCUT2D eigenvalue weighted by Crippen LogP contribution is -2.42. The number of nitrogens with zero attached hydrogens (tertiary/aromatic N) is 3. The molecule has 11 heteroatoms. The number of primary amides is 1. The first kappa shape index (κ1) is 25.1. The zero-order valence-corrected chi connectivity index (χ0v) is 20.3. The van der Waals surface area contributed by atoms with E-state index in [-0.39, 0.29) is 17.3 Å². The molecule has 178 valence electrons. The summed E-state index contributed by atoms with van der Waals surface area (Å²) in [5.41, 5.74) is 7.52. The van der Waals surface area contributed by atoms with E-state index < -0.39 is 32.8 Å². The summed E-state index contributed by atoms with van der Waals surface area (Å²) in [6.07, 6.45) is 1.95. The zero-order chi connectivity index (χ0) is 25.0. The van der Waals surface area contributed by atoms with Crippen molar-refractivity contribution in [1.82, 2.24) is 14.9 Å². The number of aryl methyl sites for hydroxylation is 1. The molecule has 9 nitrogen and oxygen atoms in total. The first-order chi connectivity index (χ1) is 16.0. The van der Waals surface area contributed by atoms with Gasteiger partial charge >= 0.3 is 0 Å². The van der Waals surface area contributed by atoms with Gasteiger partial charge in [-0.15, -0.1) is 0 Å². The topological polar surface area (TPSA) is 133 Å². The van der Waals surface area contributed by atoms with Crippen LogP contribution in [0.5, 0.6) is 5.75 Å². The minimum absolute atomic E-state index is 0.0293. The highest BCUT2D eigenvalue weighted by Crippen LogP contribution is 2.29. The van der Waals surface area contributed by atoms with Crippen LogP contribution in [-0.2, 0) is 21.2 Å². The Kier molecular flexibility index (Phi) is 7.53. The van der Waals surface area contributed by atoms with E-state index in [1.165, 1.54) is 12.0 Å². The molecule has 0 aliphatic heterocycles. The molecule has 3 rings (SSSR count). The second-order valence-electron chi connectivity index (χ2n) is 7.62. The van der Waals surface area contributed by atoms with Crippen LogP contribution in [0.2, 0.25) is 5.02 Å². The first-order valence-corrected chi connectivity index (χ1v) is 12.3. The van der Waals surface area contributed by atoms with Crippen LogP contribution in [0, 0.1) is 6.92 Å².